The highest BCUT2D eigenvalue weighted by Crippen LogP contribution is 2.32. The van der Waals surface area contributed by atoms with Gasteiger partial charge in [0.15, 0.2) is 11.5 Å². The number of rotatable bonds is 11. The fourth-order valence-electron chi connectivity index (χ4n) is 2.99. The van der Waals surface area contributed by atoms with Gasteiger partial charge in [-0.25, -0.2) is 5.43 Å². The van der Waals surface area contributed by atoms with Crippen LogP contribution in [0.4, 0.5) is 0 Å². The van der Waals surface area contributed by atoms with Crippen molar-refractivity contribution in [3.05, 3.63) is 53.6 Å². The van der Waals surface area contributed by atoms with Crippen molar-refractivity contribution in [2.75, 3.05) is 13.4 Å². The number of fused-ring (bicyclic) bond motifs is 1. The summed E-state index contributed by atoms with van der Waals surface area (Å²) >= 11 is 0. The SMILES string of the molecule is CCCCCCCCOc1ccc(C=NNC(=O)c2ccc3c(c2)OCO3)cc1. The molecule has 3 rings (SSSR count). The Bertz CT molecular complexity index is 818. The van der Waals surface area contributed by atoms with E-state index >= 15 is 0 Å². The van der Waals surface area contributed by atoms with Gasteiger partial charge in [-0.2, -0.15) is 5.10 Å². The first-order chi connectivity index (χ1) is 14.3. The van der Waals surface area contributed by atoms with Crippen LogP contribution in [0, 0.1) is 0 Å². The second-order valence-corrected chi connectivity index (χ2v) is 6.95. The Kier molecular flexibility index (Phi) is 7.92. The van der Waals surface area contributed by atoms with Crippen LogP contribution in [0.15, 0.2) is 47.6 Å². The molecule has 6 heteroatoms. The Labute approximate surface area is 171 Å². The number of carbonyl (C=O) groups is 1. The molecule has 6 nitrogen and oxygen atoms in total. The lowest BCUT2D eigenvalue weighted by Crippen LogP contribution is -2.17. The number of benzene rings is 2. The number of unbranched alkanes of at least 4 members (excludes halogenated alkanes) is 5. The van der Waals surface area contributed by atoms with Crippen LogP contribution in [-0.4, -0.2) is 25.5 Å². The average Bonchev–Trinajstić information content (AvgIpc) is 3.22. The summed E-state index contributed by atoms with van der Waals surface area (Å²) in [5.41, 5.74) is 3.86. The van der Waals surface area contributed by atoms with Crippen molar-refractivity contribution < 1.29 is 19.0 Å². The first-order valence-corrected chi connectivity index (χ1v) is 10.2. The van der Waals surface area contributed by atoms with Crippen LogP contribution in [0.25, 0.3) is 0 Å². The maximum absolute atomic E-state index is 12.2. The third kappa shape index (κ3) is 6.52. The van der Waals surface area contributed by atoms with Crippen LogP contribution in [0.2, 0.25) is 0 Å². The minimum Gasteiger partial charge on any atom is -0.494 e. The van der Waals surface area contributed by atoms with E-state index in [-0.39, 0.29) is 12.7 Å². The molecule has 0 fully saturated rings. The number of hydrazone groups is 1. The zero-order valence-electron chi connectivity index (χ0n) is 16.9. The molecule has 1 N–H and O–H groups in total. The summed E-state index contributed by atoms with van der Waals surface area (Å²) in [7, 11) is 0. The van der Waals surface area contributed by atoms with Gasteiger partial charge in [0.1, 0.15) is 5.75 Å². The van der Waals surface area contributed by atoms with Crippen molar-refractivity contribution in [2.24, 2.45) is 5.10 Å². The number of amides is 1. The summed E-state index contributed by atoms with van der Waals surface area (Å²) < 4.78 is 16.3. The minimum absolute atomic E-state index is 0.178. The quantitative estimate of drug-likeness (QED) is 0.333. The fourth-order valence-corrected chi connectivity index (χ4v) is 2.99. The van der Waals surface area contributed by atoms with Gasteiger partial charge in [-0.15, -0.1) is 0 Å². The maximum atomic E-state index is 12.2. The van der Waals surface area contributed by atoms with Gasteiger partial charge in [-0.05, 0) is 54.4 Å². The average molecular weight is 396 g/mol. The molecule has 1 aliphatic rings. The molecule has 0 radical (unpaired) electrons. The van der Waals surface area contributed by atoms with Gasteiger partial charge in [0.05, 0.1) is 12.8 Å². The summed E-state index contributed by atoms with van der Waals surface area (Å²) in [6.45, 7) is 3.15. The predicted molar refractivity (Wildman–Crippen MR) is 113 cm³/mol. The highest BCUT2D eigenvalue weighted by atomic mass is 16.7. The second-order valence-electron chi connectivity index (χ2n) is 6.95. The number of nitrogens with zero attached hydrogens (tertiary/aromatic N) is 1. The molecule has 29 heavy (non-hydrogen) atoms. The Hall–Kier alpha value is -3.02. The highest BCUT2D eigenvalue weighted by molar-refractivity contribution is 5.95. The molecule has 0 atom stereocenters. The second kappa shape index (κ2) is 11.1. The zero-order chi connectivity index (χ0) is 20.3. The van der Waals surface area contributed by atoms with Crippen molar-refractivity contribution in [1.82, 2.24) is 5.43 Å². The smallest absolute Gasteiger partial charge is 0.271 e. The molecule has 1 amide bonds. The van der Waals surface area contributed by atoms with Crippen molar-refractivity contribution >= 4 is 12.1 Å². The number of carbonyl (C=O) groups excluding carboxylic acids is 1. The van der Waals surface area contributed by atoms with Crippen molar-refractivity contribution in [1.29, 1.82) is 0 Å². The van der Waals surface area contributed by atoms with E-state index in [1.807, 2.05) is 24.3 Å². The highest BCUT2D eigenvalue weighted by Gasteiger charge is 2.15. The van der Waals surface area contributed by atoms with E-state index in [2.05, 4.69) is 17.5 Å². The van der Waals surface area contributed by atoms with E-state index < -0.39 is 0 Å². The summed E-state index contributed by atoms with van der Waals surface area (Å²) in [6.07, 6.45) is 9.09. The third-order valence-corrected chi connectivity index (χ3v) is 4.66. The van der Waals surface area contributed by atoms with Crippen LogP contribution in [0.1, 0.15) is 61.4 Å². The molecule has 0 saturated heterocycles. The lowest BCUT2D eigenvalue weighted by Gasteiger charge is -2.06. The van der Waals surface area contributed by atoms with Crippen LogP contribution < -0.4 is 19.6 Å². The Morgan fingerprint density at radius 2 is 1.79 bits per heavy atom. The zero-order valence-corrected chi connectivity index (χ0v) is 16.9. The lowest BCUT2D eigenvalue weighted by molar-refractivity contribution is 0.0954. The number of hydrogen-bond acceptors (Lipinski definition) is 5. The number of nitrogens with one attached hydrogen (secondary N) is 1. The molecule has 0 aromatic heterocycles. The lowest BCUT2D eigenvalue weighted by atomic mass is 10.1. The molecule has 0 saturated carbocycles. The molecule has 0 unspecified atom stereocenters. The van der Waals surface area contributed by atoms with E-state index in [0.717, 1.165) is 24.3 Å². The normalized spacial score (nSPS) is 12.3. The molecule has 1 aliphatic heterocycles. The monoisotopic (exact) mass is 396 g/mol. The molecular weight excluding hydrogens is 368 g/mol. The van der Waals surface area contributed by atoms with Gasteiger partial charge in [0.2, 0.25) is 6.79 Å². The van der Waals surface area contributed by atoms with Gasteiger partial charge >= 0.3 is 0 Å². The first kappa shape index (κ1) is 20.7. The van der Waals surface area contributed by atoms with Crippen LogP contribution in [-0.2, 0) is 0 Å². The molecule has 0 aliphatic carbocycles. The van der Waals surface area contributed by atoms with Gasteiger partial charge in [0.25, 0.3) is 5.91 Å². The van der Waals surface area contributed by atoms with Crippen molar-refractivity contribution in [3.63, 3.8) is 0 Å². The molecule has 2 aromatic rings. The van der Waals surface area contributed by atoms with Crippen molar-refractivity contribution in [3.8, 4) is 17.2 Å². The molecule has 0 bridgehead atoms. The van der Waals surface area contributed by atoms with Crippen LogP contribution in [0.5, 0.6) is 17.2 Å². The van der Waals surface area contributed by atoms with E-state index in [0.29, 0.717) is 17.1 Å². The molecule has 2 aromatic carbocycles. The number of ether oxygens (including phenoxy) is 3. The van der Waals surface area contributed by atoms with Gasteiger partial charge < -0.3 is 14.2 Å². The fraction of sp³-hybridized carbons (Fsp3) is 0.391. The van der Waals surface area contributed by atoms with Crippen LogP contribution >= 0.6 is 0 Å². The Morgan fingerprint density at radius 1 is 1.03 bits per heavy atom. The third-order valence-electron chi connectivity index (χ3n) is 4.66. The van der Waals surface area contributed by atoms with Gasteiger partial charge in [-0.3, -0.25) is 4.79 Å². The largest absolute Gasteiger partial charge is 0.494 e. The van der Waals surface area contributed by atoms with E-state index in [1.165, 1.54) is 32.1 Å². The maximum Gasteiger partial charge on any atom is 0.271 e. The summed E-state index contributed by atoms with van der Waals surface area (Å²) in [5.74, 6) is 1.75. The summed E-state index contributed by atoms with van der Waals surface area (Å²) in [5, 5.41) is 4.01. The summed E-state index contributed by atoms with van der Waals surface area (Å²) in [4.78, 5) is 12.2. The topological polar surface area (TPSA) is 69.2 Å². The van der Waals surface area contributed by atoms with E-state index in [1.54, 1.807) is 24.4 Å². The first-order valence-electron chi connectivity index (χ1n) is 10.2. The number of hydrogen-bond donors (Lipinski definition) is 1. The van der Waals surface area contributed by atoms with Gasteiger partial charge in [-0.1, -0.05) is 39.0 Å². The summed E-state index contributed by atoms with van der Waals surface area (Å²) in [6, 6.07) is 12.7. The van der Waals surface area contributed by atoms with E-state index in [9.17, 15) is 4.79 Å². The van der Waals surface area contributed by atoms with Crippen LogP contribution in [0.3, 0.4) is 0 Å². The molecular formula is C23H28N2O4. The van der Waals surface area contributed by atoms with Gasteiger partial charge in [0, 0.05) is 5.56 Å². The predicted octanol–water partition coefficient (Wildman–Crippen LogP) is 4.92. The Morgan fingerprint density at radius 3 is 2.62 bits per heavy atom. The molecule has 1 heterocycles. The Balaban J connectivity index is 1.39. The molecule has 0 spiro atoms. The minimum atomic E-state index is -0.307. The van der Waals surface area contributed by atoms with Crippen molar-refractivity contribution in [2.45, 2.75) is 45.4 Å². The molecule has 154 valence electrons. The van der Waals surface area contributed by atoms with E-state index in [4.69, 9.17) is 14.2 Å². The standard InChI is InChI=1S/C23H28N2O4/c1-2-3-4-5-6-7-14-27-20-11-8-18(9-12-20)16-24-25-23(26)19-10-13-21-22(15-19)29-17-28-21/h8-13,15-16H,2-7,14,17H2,1H3,(H,25,26).